The van der Waals surface area contributed by atoms with Crippen molar-refractivity contribution >= 4 is 5.97 Å². The lowest BCUT2D eigenvalue weighted by atomic mass is 10.3. The second-order valence-electron chi connectivity index (χ2n) is 2.20. The van der Waals surface area contributed by atoms with E-state index in [1.807, 2.05) is 0 Å². The Balaban J connectivity index is 2.56. The molecule has 1 aliphatic heterocycles. The largest absolute Gasteiger partial charge is 0.476 e. The molecule has 0 atom stereocenters. The smallest absolute Gasteiger partial charge is 0.358 e. The summed E-state index contributed by atoms with van der Waals surface area (Å²) in [5.74, 6) is -0.468. The monoisotopic (exact) mass is 167 g/mol. The molecule has 2 rings (SSSR count). The zero-order valence-corrected chi connectivity index (χ0v) is 5.98. The van der Waals surface area contributed by atoms with E-state index in [1.54, 1.807) is 6.07 Å². The molecule has 1 aromatic heterocycles. The summed E-state index contributed by atoms with van der Waals surface area (Å²) < 4.78 is 9.89. The molecule has 62 valence electrons. The maximum absolute atomic E-state index is 10.6. The first kappa shape index (κ1) is 6.90. The van der Waals surface area contributed by atoms with E-state index in [2.05, 4.69) is 4.98 Å². The first-order valence-electron chi connectivity index (χ1n) is 3.27. The van der Waals surface area contributed by atoms with Crippen molar-refractivity contribution < 1.29 is 19.4 Å². The molecule has 0 aromatic carbocycles. The standard InChI is InChI=1S/C7H5NO4/c9-7(10)5-6-4(1-2-8-5)11-3-12-6/h1-2H,3H2,(H,9,10). The van der Waals surface area contributed by atoms with E-state index in [0.29, 0.717) is 5.75 Å². The number of carboxylic acids is 1. The number of hydrogen-bond donors (Lipinski definition) is 1. The number of carbonyl (C=O) groups is 1. The van der Waals surface area contributed by atoms with Gasteiger partial charge in [-0.15, -0.1) is 0 Å². The van der Waals surface area contributed by atoms with Gasteiger partial charge in [-0.05, 0) is 0 Å². The average Bonchev–Trinajstić information content (AvgIpc) is 2.49. The minimum absolute atomic E-state index is 0.0569. The van der Waals surface area contributed by atoms with Crippen LogP contribution in [0.5, 0.6) is 11.5 Å². The second-order valence-corrected chi connectivity index (χ2v) is 2.20. The summed E-state index contributed by atoms with van der Waals surface area (Å²) in [6.45, 7) is 0.0569. The lowest BCUT2D eigenvalue weighted by molar-refractivity contribution is 0.0685. The number of aromatic carboxylic acids is 1. The summed E-state index contributed by atoms with van der Waals surface area (Å²) >= 11 is 0. The van der Waals surface area contributed by atoms with Crippen LogP contribution in [0.4, 0.5) is 0 Å². The van der Waals surface area contributed by atoms with E-state index in [1.165, 1.54) is 6.20 Å². The highest BCUT2D eigenvalue weighted by atomic mass is 16.7. The van der Waals surface area contributed by atoms with Crippen molar-refractivity contribution in [2.24, 2.45) is 0 Å². The Morgan fingerprint density at radius 3 is 3.17 bits per heavy atom. The zero-order chi connectivity index (χ0) is 8.55. The highest BCUT2D eigenvalue weighted by Crippen LogP contribution is 2.33. The lowest BCUT2D eigenvalue weighted by Gasteiger charge is -1.97. The van der Waals surface area contributed by atoms with Gasteiger partial charge in [0.15, 0.2) is 17.2 Å². The molecule has 0 aliphatic carbocycles. The van der Waals surface area contributed by atoms with Crippen LogP contribution < -0.4 is 9.47 Å². The van der Waals surface area contributed by atoms with Crippen LogP contribution in [0, 0.1) is 0 Å². The molecule has 5 nitrogen and oxygen atoms in total. The first-order chi connectivity index (χ1) is 5.79. The molecule has 0 saturated heterocycles. The molecule has 1 aliphatic rings. The third kappa shape index (κ3) is 0.868. The molecule has 1 aromatic rings. The number of aromatic nitrogens is 1. The van der Waals surface area contributed by atoms with Crippen molar-refractivity contribution in [2.45, 2.75) is 0 Å². The van der Waals surface area contributed by atoms with Gasteiger partial charge in [0.2, 0.25) is 6.79 Å². The van der Waals surface area contributed by atoms with Crippen LogP contribution in [0.15, 0.2) is 12.3 Å². The molecule has 12 heavy (non-hydrogen) atoms. The zero-order valence-electron chi connectivity index (χ0n) is 5.98. The van der Waals surface area contributed by atoms with E-state index in [4.69, 9.17) is 14.6 Å². The Labute approximate surface area is 67.6 Å². The fourth-order valence-corrected chi connectivity index (χ4v) is 0.988. The van der Waals surface area contributed by atoms with Crippen LogP contribution in [-0.2, 0) is 0 Å². The van der Waals surface area contributed by atoms with Crippen molar-refractivity contribution in [1.82, 2.24) is 4.98 Å². The van der Waals surface area contributed by atoms with Crippen LogP contribution in [0.2, 0.25) is 0 Å². The van der Waals surface area contributed by atoms with Gasteiger partial charge in [-0.25, -0.2) is 9.78 Å². The van der Waals surface area contributed by atoms with Gasteiger partial charge in [0.05, 0.1) is 0 Å². The Kier molecular flexibility index (Phi) is 1.36. The molecule has 5 heteroatoms. The minimum Gasteiger partial charge on any atom is -0.476 e. The van der Waals surface area contributed by atoms with Crippen molar-refractivity contribution in [3.63, 3.8) is 0 Å². The minimum atomic E-state index is -1.11. The third-order valence-electron chi connectivity index (χ3n) is 1.49. The number of ether oxygens (including phenoxy) is 2. The summed E-state index contributed by atoms with van der Waals surface area (Å²) in [6.07, 6.45) is 1.37. The molecule has 0 amide bonds. The second kappa shape index (κ2) is 2.37. The van der Waals surface area contributed by atoms with Gasteiger partial charge >= 0.3 is 5.97 Å². The number of pyridine rings is 1. The van der Waals surface area contributed by atoms with Crippen LogP contribution in [0.25, 0.3) is 0 Å². The first-order valence-corrected chi connectivity index (χ1v) is 3.27. The number of fused-ring (bicyclic) bond motifs is 1. The molecule has 1 N–H and O–H groups in total. The van der Waals surface area contributed by atoms with Crippen LogP contribution in [-0.4, -0.2) is 22.9 Å². The molecule has 0 unspecified atom stereocenters. The van der Waals surface area contributed by atoms with Crippen molar-refractivity contribution in [1.29, 1.82) is 0 Å². The van der Waals surface area contributed by atoms with E-state index < -0.39 is 5.97 Å². The van der Waals surface area contributed by atoms with Crippen LogP contribution in [0.3, 0.4) is 0 Å². The van der Waals surface area contributed by atoms with Crippen molar-refractivity contribution in [3.05, 3.63) is 18.0 Å². The van der Waals surface area contributed by atoms with Gasteiger partial charge in [-0.2, -0.15) is 0 Å². The Hall–Kier alpha value is -1.78. The highest BCUT2D eigenvalue weighted by Gasteiger charge is 2.22. The topological polar surface area (TPSA) is 68.7 Å². The van der Waals surface area contributed by atoms with E-state index in [-0.39, 0.29) is 18.2 Å². The molecule has 0 radical (unpaired) electrons. The molecule has 2 heterocycles. The maximum Gasteiger partial charge on any atom is 0.358 e. The summed E-state index contributed by atoms with van der Waals surface area (Å²) in [5.41, 5.74) is -0.106. The number of carboxylic acid groups (broad SMARTS) is 1. The summed E-state index contributed by atoms with van der Waals surface area (Å²) in [4.78, 5) is 14.2. The summed E-state index contributed by atoms with van der Waals surface area (Å²) in [5, 5.41) is 8.65. The molecule has 0 fully saturated rings. The summed E-state index contributed by atoms with van der Waals surface area (Å²) in [6, 6.07) is 1.56. The average molecular weight is 167 g/mol. The van der Waals surface area contributed by atoms with Crippen molar-refractivity contribution in [3.8, 4) is 11.5 Å². The van der Waals surface area contributed by atoms with E-state index in [0.717, 1.165) is 0 Å². The number of rotatable bonds is 1. The van der Waals surface area contributed by atoms with Gasteiger partial charge in [-0.1, -0.05) is 0 Å². The predicted octanol–water partition coefficient (Wildman–Crippen LogP) is 0.508. The Morgan fingerprint density at radius 2 is 2.42 bits per heavy atom. The summed E-state index contributed by atoms with van der Waals surface area (Å²) in [7, 11) is 0. The predicted molar refractivity (Wildman–Crippen MR) is 37.3 cm³/mol. The van der Waals surface area contributed by atoms with Gasteiger partial charge < -0.3 is 14.6 Å². The van der Waals surface area contributed by atoms with Gasteiger partial charge in [0.1, 0.15) is 0 Å². The van der Waals surface area contributed by atoms with E-state index >= 15 is 0 Å². The van der Waals surface area contributed by atoms with E-state index in [9.17, 15) is 4.79 Å². The van der Waals surface area contributed by atoms with Crippen LogP contribution in [0.1, 0.15) is 10.5 Å². The highest BCUT2D eigenvalue weighted by molar-refractivity contribution is 5.89. The molecule has 0 spiro atoms. The normalized spacial score (nSPS) is 13.0. The molecule has 0 bridgehead atoms. The van der Waals surface area contributed by atoms with Crippen molar-refractivity contribution in [2.75, 3.05) is 6.79 Å². The third-order valence-corrected chi connectivity index (χ3v) is 1.49. The number of hydrogen-bond acceptors (Lipinski definition) is 4. The Bertz CT molecular complexity index is 336. The Morgan fingerprint density at radius 1 is 1.58 bits per heavy atom. The van der Waals surface area contributed by atoms with Crippen LogP contribution >= 0.6 is 0 Å². The fourth-order valence-electron chi connectivity index (χ4n) is 0.988. The lowest BCUT2D eigenvalue weighted by Crippen LogP contribution is -2.01. The fraction of sp³-hybridized carbons (Fsp3) is 0.143. The van der Waals surface area contributed by atoms with Gasteiger partial charge in [0, 0.05) is 12.3 Å². The number of nitrogens with zero attached hydrogens (tertiary/aromatic N) is 1. The quantitative estimate of drug-likeness (QED) is 0.659. The van der Waals surface area contributed by atoms with Gasteiger partial charge in [0.25, 0.3) is 0 Å². The molecular weight excluding hydrogens is 162 g/mol. The molecule has 0 saturated carbocycles. The maximum atomic E-state index is 10.6. The van der Waals surface area contributed by atoms with Gasteiger partial charge in [-0.3, -0.25) is 0 Å². The SMILES string of the molecule is O=C(O)c1nccc2c1OCO2. The molecular formula is C7H5NO4.